The van der Waals surface area contributed by atoms with E-state index in [2.05, 4.69) is 24.1 Å². The number of aromatic nitrogens is 1. The molecule has 6 heteroatoms. The number of thiazole rings is 1. The van der Waals surface area contributed by atoms with Crippen molar-refractivity contribution < 1.29 is 14.3 Å². The van der Waals surface area contributed by atoms with Crippen molar-refractivity contribution in [3.05, 3.63) is 58.6 Å². The summed E-state index contributed by atoms with van der Waals surface area (Å²) in [6.07, 6.45) is 0.771. The second kappa shape index (κ2) is 9.85. The fourth-order valence-electron chi connectivity index (χ4n) is 3.29. The summed E-state index contributed by atoms with van der Waals surface area (Å²) in [7, 11) is 0. The van der Waals surface area contributed by atoms with Gasteiger partial charge >= 0.3 is 5.97 Å². The van der Waals surface area contributed by atoms with Gasteiger partial charge < -0.3 is 10.1 Å². The average Bonchev–Trinajstić information content (AvgIpc) is 3.11. The summed E-state index contributed by atoms with van der Waals surface area (Å²) in [4.78, 5) is 29.3. The van der Waals surface area contributed by atoms with E-state index in [0.29, 0.717) is 6.42 Å². The number of benzene rings is 2. The van der Waals surface area contributed by atoms with E-state index in [1.54, 1.807) is 18.3 Å². The van der Waals surface area contributed by atoms with Crippen LogP contribution in [0.2, 0.25) is 0 Å². The summed E-state index contributed by atoms with van der Waals surface area (Å²) in [6, 6.07) is 13.9. The molecular weight excluding hydrogens is 396 g/mol. The fraction of sp³-hybridized carbons (Fsp3) is 0.375. The molecule has 1 N–H and O–H groups in total. The van der Waals surface area contributed by atoms with Gasteiger partial charge in [-0.3, -0.25) is 9.59 Å². The molecule has 158 valence electrons. The molecule has 1 aromatic heterocycles. The van der Waals surface area contributed by atoms with Crippen LogP contribution < -0.4 is 5.32 Å². The van der Waals surface area contributed by atoms with Crippen molar-refractivity contribution in [2.75, 3.05) is 5.32 Å². The Balaban J connectivity index is 1.49. The van der Waals surface area contributed by atoms with E-state index in [1.165, 1.54) is 0 Å². The van der Waals surface area contributed by atoms with Crippen molar-refractivity contribution in [3.8, 4) is 0 Å². The molecule has 30 heavy (non-hydrogen) atoms. The molecule has 1 amide bonds. The third kappa shape index (κ3) is 5.45. The molecule has 0 saturated heterocycles. The van der Waals surface area contributed by atoms with E-state index < -0.39 is 6.10 Å². The van der Waals surface area contributed by atoms with Crippen molar-refractivity contribution in [1.82, 2.24) is 4.98 Å². The van der Waals surface area contributed by atoms with Crippen LogP contribution in [0.15, 0.2) is 42.5 Å². The molecule has 0 saturated carbocycles. The number of fused-ring (bicyclic) bond motifs is 1. The van der Waals surface area contributed by atoms with Gasteiger partial charge in [0.1, 0.15) is 0 Å². The summed E-state index contributed by atoms with van der Waals surface area (Å²) < 4.78 is 6.50. The van der Waals surface area contributed by atoms with Crippen LogP contribution >= 0.6 is 11.3 Å². The molecule has 0 spiro atoms. The van der Waals surface area contributed by atoms with Gasteiger partial charge in [0, 0.05) is 12.1 Å². The maximum Gasteiger partial charge on any atom is 0.306 e. The van der Waals surface area contributed by atoms with Gasteiger partial charge in [-0.15, -0.1) is 11.3 Å². The van der Waals surface area contributed by atoms with E-state index in [4.69, 9.17) is 4.74 Å². The Labute approximate surface area is 181 Å². The summed E-state index contributed by atoms with van der Waals surface area (Å²) in [5.74, 6) is -0.404. The maximum absolute atomic E-state index is 12.6. The second-order valence-electron chi connectivity index (χ2n) is 7.74. The minimum atomic E-state index is -0.848. The van der Waals surface area contributed by atoms with Gasteiger partial charge in [-0.2, -0.15) is 0 Å². The number of hydrogen-bond acceptors (Lipinski definition) is 5. The van der Waals surface area contributed by atoms with Gasteiger partial charge in [0.25, 0.3) is 5.91 Å². The smallest absolute Gasteiger partial charge is 0.306 e. The number of para-hydroxylation sites is 2. The molecule has 3 aromatic rings. The Kier molecular flexibility index (Phi) is 7.21. The number of hydrogen-bond donors (Lipinski definition) is 1. The zero-order valence-electron chi connectivity index (χ0n) is 17.9. The molecular formula is C24H28N2O3S. The normalized spacial score (nSPS) is 12.2. The fourth-order valence-corrected chi connectivity index (χ4v) is 4.30. The number of nitrogens with zero attached hydrogens (tertiary/aromatic N) is 1. The number of esters is 1. The van der Waals surface area contributed by atoms with Crippen molar-refractivity contribution in [3.63, 3.8) is 0 Å². The first-order chi connectivity index (χ1) is 14.3. The molecule has 0 aliphatic heterocycles. The van der Waals surface area contributed by atoms with E-state index in [1.807, 2.05) is 49.4 Å². The Morgan fingerprint density at radius 2 is 1.87 bits per heavy atom. The van der Waals surface area contributed by atoms with Crippen molar-refractivity contribution in [1.29, 1.82) is 0 Å². The molecule has 0 aliphatic rings. The molecule has 1 heterocycles. The number of carbonyl (C=O) groups is 2. The highest BCUT2D eigenvalue weighted by Gasteiger charge is 2.20. The topological polar surface area (TPSA) is 68.3 Å². The van der Waals surface area contributed by atoms with Crippen LogP contribution in [0.3, 0.4) is 0 Å². The van der Waals surface area contributed by atoms with E-state index in [9.17, 15) is 9.59 Å². The molecule has 3 rings (SSSR count). The third-order valence-corrected chi connectivity index (χ3v) is 6.06. The number of rotatable bonds is 8. The van der Waals surface area contributed by atoms with Crippen molar-refractivity contribution in [2.45, 2.75) is 59.0 Å². The summed E-state index contributed by atoms with van der Waals surface area (Å²) in [5.41, 5.74) is 3.85. The Hall–Kier alpha value is -2.73. The third-order valence-electron chi connectivity index (χ3n) is 4.96. The Morgan fingerprint density at radius 1 is 1.10 bits per heavy atom. The van der Waals surface area contributed by atoms with Crippen LogP contribution in [0.1, 0.15) is 55.7 Å². The standard InChI is InChI=1S/C24H28N2O3S/c1-15(2)18-10-7-9-16(3)23(18)26-24(28)17(4)29-22(27)14-8-13-21-25-19-11-5-6-12-20(19)30-21/h5-7,9-12,15,17H,8,13-14H2,1-4H3,(H,26,28)/t17-/m1/s1. The van der Waals surface area contributed by atoms with Crippen LogP contribution in [0, 0.1) is 6.92 Å². The molecule has 0 radical (unpaired) electrons. The van der Waals surface area contributed by atoms with Gasteiger partial charge in [0.15, 0.2) is 6.10 Å². The molecule has 1 atom stereocenters. The van der Waals surface area contributed by atoms with Crippen LogP contribution in [0.25, 0.3) is 10.2 Å². The largest absolute Gasteiger partial charge is 0.453 e. The van der Waals surface area contributed by atoms with Crippen LogP contribution in [-0.4, -0.2) is 23.0 Å². The quantitative estimate of drug-likeness (QED) is 0.477. The minimum absolute atomic E-state index is 0.259. The highest BCUT2D eigenvalue weighted by Crippen LogP contribution is 2.27. The van der Waals surface area contributed by atoms with Gasteiger partial charge in [0.05, 0.1) is 15.2 Å². The summed E-state index contributed by atoms with van der Waals surface area (Å²) in [6.45, 7) is 7.73. The first kappa shape index (κ1) is 22.0. The first-order valence-electron chi connectivity index (χ1n) is 10.3. The lowest BCUT2D eigenvalue weighted by atomic mass is 9.98. The van der Waals surface area contributed by atoms with Gasteiger partial charge in [-0.1, -0.05) is 44.2 Å². The van der Waals surface area contributed by atoms with Gasteiger partial charge in [0.2, 0.25) is 0 Å². The zero-order valence-corrected chi connectivity index (χ0v) is 18.7. The lowest BCUT2D eigenvalue weighted by Gasteiger charge is -2.19. The Bertz CT molecular complexity index is 1010. The van der Waals surface area contributed by atoms with Gasteiger partial charge in [-0.05, 0) is 55.9 Å². The highest BCUT2D eigenvalue weighted by molar-refractivity contribution is 7.18. The Morgan fingerprint density at radius 3 is 2.60 bits per heavy atom. The number of amides is 1. The van der Waals surface area contributed by atoms with Crippen LogP contribution in [-0.2, 0) is 20.7 Å². The number of nitrogens with one attached hydrogen (secondary N) is 1. The predicted molar refractivity (Wildman–Crippen MR) is 122 cm³/mol. The zero-order chi connectivity index (χ0) is 21.7. The number of anilines is 1. The molecule has 2 aromatic carbocycles. The van der Waals surface area contributed by atoms with Crippen molar-refractivity contribution >= 4 is 39.1 Å². The highest BCUT2D eigenvalue weighted by atomic mass is 32.1. The first-order valence-corrected chi connectivity index (χ1v) is 11.1. The second-order valence-corrected chi connectivity index (χ2v) is 8.86. The monoisotopic (exact) mass is 424 g/mol. The average molecular weight is 425 g/mol. The van der Waals surface area contributed by atoms with E-state index in [0.717, 1.165) is 38.5 Å². The number of aryl methyl sites for hydroxylation is 2. The van der Waals surface area contributed by atoms with E-state index in [-0.39, 0.29) is 24.2 Å². The summed E-state index contributed by atoms with van der Waals surface area (Å²) in [5, 5.41) is 3.95. The SMILES string of the molecule is Cc1cccc(C(C)C)c1NC(=O)[C@@H](C)OC(=O)CCCc1nc2ccccc2s1. The molecule has 0 bridgehead atoms. The number of carbonyl (C=O) groups excluding carboxylic acids is 2. The molecule has 0 aliphatic carbocycles. The van der Waals surface area contributed by atoms with E-state index >= 15 is 0 Å². The minimum Gasteiger partial charge on any atom is -0.453 e. The molecule has 5 nitrogen and oxygen atoms in total. The van der Waals surface area contributed by atoms with Crippen LogP contribution in [0.5, 0.6) is 0 Å². The molecule has 0 unspecified atom stereocenters. The lowest BCUT2D eigenvalue weighted by Crippen LogP contribution is -2.30. The van der Waals surface area contributed by atoms with Crippen LogP contribution in [0.4, 0.5) is 5.69 Å². The number of ether oxygens (including phenoxy) is 1. The summed E-state index contributed by atoms with van der Waals surface area (Å²) >= 11 is 1.65. The molecule has 0 fully saturated rings. The van der Waals surface area contributed by atoms with Crippen molar-refractivity contribution in [2.24, 2.45) is 0 Å². The lowest BCUT2D eigenvalue weighted by molar-refractivity contribution is -0.153. The predicted octanol–water partition coefficient (Wildman–Crippen LogP) is 5.62. The maximum atomic E-state index is 12.6. The van der Waals surface area contributed by atoms with Gasteiger partial charge in [-0.25, -0.2) is 4.98 Å².